The van der Waals surface area contributed by atoms with Gasteiger partial charge in [-0.15, -0.1) is 0 Å². The zero-order chi connectivity index (χ0) is 15.6. The summed E-state index contributed by atoms with van der Waals surface area (Å²) < 4.78 is 17.6. The van der Waals surface area contributed by atoms with Crippen molar-refractivity contribution in [1.29, 1.82) is 0 Å². The van der Waals surface area contributed by atoms with Gasteiger partial charge in [0.15, 0.2) is 17.3 Å². The third kappa shape index (κ3) is 2.44. The second-order valence-corrected chi connectivity index (χ2v) is 4.47. The van der Waals surface area contributed by atoms with Crippen molar-refractivity contribution >= 4 is 5.78 Å². The molecule has 6 nitrogen and oxygen atoms in total. The topological polar surface area (TPSA) is 62.6 Å². The quantitative estimate of drug-likeness (QED) is 0.791. The Hall–Kier alpha value is -2.50. The van der Waals surface area contributed by atoms with E-state index in [1.807, 2.05) is 6.07 Å². The van der Waals surface area contributed by atoms with Crippen LogP contribution in [0.25, 0.3) is 11.1 Å². The van der Waals surface area contributed by atoms with E-state index in [9.17, 15) is 4.79 Å². The van der Waals surface area contributed by atoms with Crippen LogP contribution in [0.3, 0.4) is 0 Å². The summed E-state index contributed by atoms with van der Waals surface area (Å²) in [6.07, 6.45) is 1.64. The van der Waals surface area contributed by atoms with E-state index in [4.69, 9.17) is 14.2 Å². The minimum Gasteiger partial charge on any atom is -0.493 e. The zero-order valence-corrected chi connectivity index (χ0v) is 12.8. The van der Waals surface area contributed by atoms with Gasteiger partial charge in [0.1, 0.15) is 5.69 Å². The molecule has 0 bridgehead atoms. The van der Waals surface area contributed by atoms with Gasteiger partial charge >= 0.3 is 0 Å². The fraction of sp³-hybridized carbons (Fsp3) is 0.333. The summed E-state index contributed by atoms with van der Waals surface area (Å²) in [6, 6.07) is 3.59. The van der Waals surface area contributed by atoms with Crippen LogP contribution in [0.4, 0.5) is 0 Å². The molecule has 0 aliphatic carbocycles. The van der Waals surface area contributed by atoms with Gasteiger partial charge in [-0.25, -0.2) is 0 Å². The molecule has 0 N–H and O–H groups in total. The van der Waals surface area contributed by atoms with Crippen molar-refractivity contribution in [1.82, 2.24) is 9.78 Å². The lowest BCUT2D eigenvalue weighted by molar-refractivity contribution is 0.100. The van der Waals surface area contributed by atoms with Crippen molar-refractivity contribution in [2.75, 3.05) is 21.3 Å². The van der Waals surface area contributed by atoms with Gasteiger partial charge in [-0.2, -0.15) is 5.10 Å². The first kappa shape index (κ1) is 14.9. The highest BCUT2D eigenvalue weighted by atomic mass is 16.5. The molecule has 0 radical (unpaired) electrons. The fourth-order valence-corrected chi connectivity index (χ4v) is 2.37. The van der Waals surface area contributed by atoms with Gasteiger partial charge in [-0.1, -0.05) is 0 Å². The molecule has 0 fully saturated rings. The Morgan fingerprint density at radius 2 is 1.71 bits per heavy atom. The maximum atomic E-state index is 11.8. The molecule has 0 aliphatic rings. The smallest absolute Gasteiger partial charge is 0.203 e. The lowest BCUT2D eigenvalue weighted by Gasteiger charge is -2.15. The summed E-state index contributed by atoms with van der Waals surface area (Å²) in [5, 5.41) is 4.16. The van der Waals surface area contributed by atoms with Crippen molar-refractivity contribution in [3.05, 3.63) is 24.0 Å². The summed E-state index contributed by atoms with van der Waals surface area (Å²) >= 11 is 0. The molecule has 0 saturated carbocycles. The van der Waals surface area contributed by atoms with Gasteiger partial charge in [0.25, 0.3) is 0 Å². The highest BCUT2D eigenvalue weighted by Gasteiger charge is 2.22. The summed E-state index contributed by atoms with van der Waals surface area (Å²) in [4.78, 5) is 11.8. The third-order valence-corrected chi connectivity index (χ3v) is 3.27. The SMILES string of the molecule is COc1ccc(-c2cnn(C)c2C(C)=O)c(OC)c1OC. The Morgan fingerprint density at radius 1 is 1.05 bits per heavy atom. The number of Topliss-reactive ketones (excluding diaryl/α,β-unsaturated/α-hetero) is 1. The van der Waals surface area contributed by atoms with Crippen molar-refractivity contribution in [3.63, 3.8) is 0 Å². The number of hydrogen-bond acceptors (Lipinski definition) is 5. The highest BCUT2D eigenvalue weighted by Crippen LogP contribution is 2.44. The number of methoxy groups -OCH3 is 3. The molecule has 0 aliphatic heterocycles. The van der Waals surface area contributed by atoms with E-state index in [1.54, 1.807) is 45.3 Å². The van der Waals surface area contributed by atoms with E-state index in [-0.39, 0.29) is 5.78 Å². The van der Waals surface area contributed by atoms with E-state index >= 15 is 0 Å². The Labute approximate surface area is 123 Å². The van der Waals surface area contributed by atoms with Crippen LogP contribution in [0.2, 0.25) is 0 Å². The predicted octanol–water partition coefficient (Wildman–Crippen LogP) is 2.32. The predicted molar refractivity (Wildman–Crippen MR) is 78.3 cm³/mol. The standard InChI is InChI=1S/C15H18N2O4/c1-9(18)13-11(8-16-17(13)2)10-6-7-12(19-3)15(21-5)14(10)20-4/h6-8H,1-5H3. The van der Waals surface area contributed by atoms with Crippen molar-refractivity contribution in [2.24, 2.45) is 7.05 Å². The zero-order valence-electron chi connectivity index (χ0n) is 12.8. The van der Waals surface area contributed by atoms with Crippen LogP contribution in [0.5, 0.6) is 17.2 Å². The number of benzene rings is 1. The van der Waals surface area contributed by atoms with Crippen molar-refractivity contribution < 1.29 is 19.0 Å². The van der Waals surface area contributed by atoms with Gasteiger partial charge in [0, 0.05) is 25.1 Å². The second-order valence-electron chi connectivity index (χ2n) is 4.47. The normalized spacial score (nSPS) is 10.3. The average Bonchev–Trinajstić information content (AvgIpc) is 2.87. The maximum absolute atomic E-state index is 11.8. The summed E-state index contributed by atoms with van der Waals surface area (Å²) in [5.41, 5.74) is 1.94. The molecule has 0 spiro atoms. The number of aryl methyl sites for hydroxylation is 1. The van der Waals surface area contributed by atoms with Crippen LogP contribution in [-0.4, -0.2) is 36.9 Å². The van der Waals surface area contributed by atoms with E-state index in [1.165, 1.54) is 6.92 Å². The maximum Gasteiger partial charge on any atom is 0.203 e. The number of rotatable bonds is 5. The molecular formula is C15H18N2O4. The van der Waals surface area contributed by atoms with Crippen molar-refractivity contribution in [2.45, 2.75) is 6.92 Å². The number of ether oxygens (including phenoxy) is 3. The molecule has 0 atom stereocenters. The molecular weight excluding hydrogens is 272 g/mol. The molecule has 112 valence electrons. The lowest BCUT2D eigenvalue weighted by Crippen LogP contribution is -2.05. The van der Waals surface area contributed by atoms with Gasteiger partial charge in [-0.05, 0) is 12.1 Å². The van der Waals surface area contributed by atoms with Crippen molar-refractivity contribution in [3.8, 4) is 28.4 Å². The Bertz CT molecular complexity index is 677. The van der Waals surface area contributed by atoms with Crippen LogP contribution >= 0.6 is 0 Å². The molecule has 21 heavy (non-hydrogen) atoms. The first-order valence-electron chi connectivity index (χ1n) is 6.37. The van der Waals surface area contributed by atoms with E-state index in [0.29, 0.717) is 28.5 Å². The van der Waals surface area contributed by atoms with Gasteiger partial charge < -0.3 is 14.2 Å². The Balaban J connectivity index is 2.73. The van der Waals surface area contributed by atoms with Gasteiger partial charge in [-0.3, -0.25) is 9.48 Å². The molecule has 1 aromatic heterocycles. The van der Waals surface area contributed by atoms with Crippen LogP contribution in [0, 0.1) is 0 Å². The fourth-order valence-electron chi connectivity index (χ4n) is 2.37. The molecule has 0 saturated heterocycles. The Morgan fingerprint density at radius 3 is 2.24 bits per heavy atom. The first-order chi connectivity index (χ1) is 10.0. The van der Waals surface area contributed by atoms with Crippen LogP contribution in [0.15, 0.2) is 18.3 Å². The average molecular weight is 290 g/mol. The van der Waals surface area contributed by atoms with Crippen LogP contribution in [-0.2, 0) is 7.05 Å². The Kier molecular flexibility index (Phi) is 4.16. The number of carbonyl (C=O) groups excluding carboxylic acids is 1. The molecule has 0 unspecified atom stereocenters. The molecule has 2 aromatic rings. The molecule has 1 heterocycles. The number of hydrogen-bond donors (Lipinski definition) is 0. The summed E-state index contributed by atoms with van der Waals surface area (Å²) in [5.74, 6) is 1.48. The minimum atomic E-state index is -0.0677. The third-order valence-electron chi connectivity index (χ3n) is 3.27. The van der Waals surface area contributed by atoms with Crippen LogP contribution in [0.1, 0.15) is 17.4 Å². The summed E-state index contributed by atoms with van der Waals surface area (Å²) in [7, 11) is 6.37. The number of aromatic nitrogens is 2. The first-order valence-corrected chi connectivity index (χ1v) is 6.37. The van der Waals surface area contributed by atoms with E-state index in [0.717, 1.165) is 5.56 Å². The number of carbonyl (C=O) groups is 1. The lowest BCUT2D eigenvalue weighted by atomic mass is 10.0. The summed E-state index contributed by atoms with van der Waals surface area (Å²) in [6.45, 7) is 1.51. The second kappa shape index (κ2) is 5.87. The highest BCUT2D eigenvalue weighted by molar-refractivity contribution is 6.00. The number of nitrogens with zero attached hydrogens (tertiary/aromatic N) is 2. The molecule has 6 heteroatoms. The minimum absolute atomic E-state index is 0.0677. The van der Waals surface area contributed by atoms with E-state index in [2.05, 4.69) is 5.10 Å². The monoisotopic (exact) mass is 290 g/mol. The molecule has 2 rings (SSSR count). The largest absolute Gasteiger partial charge is 0.493 e. The van der Waals surface area contributed by atoms with Gasteiger partial charge in [0.05, 0.1) is 27.5 Å². The molecule has 1 aromatic carbocycles. The van der Waals surface area contributed by atoms with E-state index < -0.39 is 0 Å². The molecule has 0 amide bonds. The number of ketones is 1. The van der Waals surface area contributed by atoms with Gasteiger partial charge in [0.2, 0.25) is 5.75 Å². The van der Waals surface area contributed by atoms with Crippen LogP contribution < -0.4 is 14.2 Å².